The van der Waals surface area contributed by atoms with Gasteiger partial charge in [0.2, 0.25) is 0 Å². The van der Waals surface area contributed by atoms with Crippen molar-refractivity contribution in [1.82, 2.24) is 25.0 Å². The van der Waals surface area contributed by atoms with E-state index in [2.05, 4.69) is 35.6 Å². The van der Waals surface area contributed by atoms with E-state index in [0.717, 1.165) is 36.6 Å². The number of amides is 2. The molecule has 1 aromatic carbocycles. The van der Waals surface area contributed by atoms with Crippen molar-refractivity contribution in [3.05, 3.63) is 52.9 Å². The molecule has 2 aromatic heterocycles. The van der Waals surface area contributed by atoms with Gasteiger partial charge in [-0.05, 0) is 38.0 Å². The maximum Gasteiger partial charge on any atom is 0.314 e. The van der Waals surface area contributed by atoms with E-state index in [0.29, 0.717) is 29.2 Å². The summed E-state index contributed by atoms with van der Waals surface area (Å²) in [5.41, 5.74) is 3.47. The van der Waals surface area contributed by atoms with Crippen molar-refractivity contribution in [3.8, 4) is 0 Å². The van der Waals surface area contributed by atoms with Gasteiger partial charge in [-0.3, -0.25) is 14.7 Å². The Labute approximate surface area is 161 Å². The van der Waals surface area contributed by atoms with Crippen LogP contribution in [0.4, 0.5) is 11.4 Å². The first-order valence-corrected chi connectivity index (χ1v) is 9.15. The third kappa shape index (κ3) is 3.51. The maximum absolute atomic E-state index is 12.2. The number of hydrogen-bond acceptors (Lipinski definition) is 5. The quantitative estimate of drug-likeness (QED) is 0.597. The second kappa shape index (κ2) is 7.26. The molecule has 0 atom stereocenters. The molecule has 3 heterocycles. The maximum atomic E-state index is 12.2. The van der Waals surface area contributed by atoms with Gasteiger partial charge in [-0.1, -0.05) is 12.1 Å². The zero-order valence-corrected chi connectivity index (χ0v) is 15.7. The van der Waals surface area contributed by atoms with Gasteiger partial charge in [-0.15, -0.1) is 10.2 Å². The summed E-state index contributed by atoms with van der Waals surface area (Å²) in [6.07, 6.45) is 2.78. The number of aromatic amines is 1. The van der Waals surface area contributed by atoms with E-state index < -0.39 is 11.8 Å². The smallest absolute Gasteiger partial charge is 0.314 e. The van der Waals surface area contributed by atoms with E-state index in [4.69, 9.17) is 0 Å². The minimum Gasteiger partial charge on any atom is -0.318 e. The molecule has 0 unspecified atom stereocenters. The number of aromatic nitrogens is 5. The molecule has 28 heavy (non-hydrogen) atoms. The topological polar surface area (TPSA) is 118 Å². The van der Waals surface area contributed by atoms with Crippen LogP contribution >= 0.6 is 0 Å². The fourth-order valence-electron chi connectivity index (χ4n) is 3.32. The lowest BCUT2D eigenvalue weighted by atomic mass is 10.1. The summed E-state index contributed by atoms with van der Waals surface area (Å²) in [6.45, 7) is 4.49. The summed E-state index contributed by atoms with van der Waals surface area (Å²) in [4.78, 5) is 24.3. The van der Waals surface area contributed by atoms with Gasteiger partial charge in [0.1, 0.15) is 11.6 Å². The van der Waals surface area contributed by atoms with Gasteiger partial charge < -0.3 is 15.2 Å². The molecule has 0 aliphatic carbocycles. The Kier molecular flexibility index (Phi) is 4.64. The minimum atomic E-state index is -0.740. The standard InChI is InChI=1S/C19H21N7O2/c1-11-17(12(2)23-22-11)21-19(28)18(27)20-14-7-5-13(6-8-14)10-16-25-24-15-4-3-9-26(15)16/h5-8H,3-4,9-10H2,1-2H3,(H,20,27)(H,21,28)(H,22,23). The molecule has 1 aliphatic rings. The largest absolute Gasteiger partial charge is 0.318 e. The van der Waals surface area contributed by atoms with Crippen LogP contribution in [0.15, 0.2) is 24.3 Å². The predicted octanol–water partition coefficient (Wildman–Crippen LogP) is 1.73. The van der Waals surface area contributed by atoms with E-state index in [9.17, 15) is 9.59 Å². The Morgan fingerprint density at radius 2 is 1.86 bits per heavy atom. The van der Waals surface area contributed by atoms with Crippen LogP contribution in [0.1, 0.15) is 35.0 Å². The molecule has 0 fully saturated rings. The zero-order chi connectivity index (χ0) is 19.7. The van der Waals surface area contributed by atoms with Crippen molar-refractivity contribution in [2.24, 2.45) is 0 Å². The number of hydrogen-bond donors (Lipinski definition) is 3. The van der Waals surface area contributed by atoms with E-state index in [1.807, 2.05) is 12.1 Å². The molecular weight excluding hydrogens is 358 g/mol. The zero-order valence-electron chi connectivity index (χ0n) is 15.7. The molecular formula is C19H21N7O2. The van der Waals surface area contributed by atoms with Crippen LogP contribution in [0.2, 0.25) is 0 Å². The molecule has 4 rings (SSSR count). The summed E-state index contributed by atoms with van der Waals surface area (Å²) in [7, 11) is 0. The molecule has 0 saturated heterocycles. The average molecular weight is 379 g/mol. The highest BCUT2D eigenvalue weighted by atomic mass is 16.2. The van der Waals surface area contributed by atoms with Gasteiger partial charge in [0, 0.05) is 25.1 Å². The summed E-state index contributed by atoms with van der Waals surface area (Å²) in [5, 5.41) is 20.4. The van der Waals surface area contributed by atoms with Crippen LogP contribution in [-0.4, -0.2) is 36.8 Å². The molecule has 9 heteroatoms. The number of carbonyl (C=O) groups excluding carboxylic acids is 2. The Bertz CT molecular complexity index is 1010. The van der Waals surface area contributed by atoms with E-state index in [1.54, 1.807) is 26.0 Å². The van der Waals surface area contributed by atoms with E-state index in [1.165, 1.54) is 0 Å². The highest BCUT2D eigenvalue weighted by Crippen LogP contribution is 2.19. The Hall–Kier alpha value is -3.49. The highest BCUT2D eigenvalue weighted by Gasteiger charge is 2.19. The van der Waals surface area contributed by atoms with Crippen LogP contribution in [0, 0.1) is 13.8 Å². The van der Waals surface area contributed by atoms with Crippen molar-refractivity contribution in [1.29, 1.82) is 0 Å². The van der Waals surface area contributed by atoms with Crippen LogP contribution in [0.25, 0.3) is 0 Å². The molecule has 2 amide bonds. The van der Waals surface area contributed by atoms with Gasteiger partial charge in [0.05, 0.1) is 17.1 Å². The van der Waals surface area contributed by atoms with Crippen LogP contribution < -0.4 is 10.6 Å². The number of rotatable bonds is 4. The molecule has 1 aliphatic heterocycles. The number of aryl methyl sites for hydroxylation is 3. The summed E-state index contributed by atoms with van der Waals surface area (Å²) < 4.78 is 2.17. The summed E-state index contributed by atoms with van der Waals surface area (Å²) in [5.74, 6) is 0.529. The Morgan fingerprint density at radius 1 is 1.11 bits per heavy atom. The average Bonchev–Trinajstić information content (AvgIpc) is 3.37. The molecule has 0 spiro atoms. The third-order valence-electron chi connectivity index (χ3n) is 4.83. The van der Waals surface area contributed by atoms with Gasteiger partial charge in [-0.25, -0.2) is 0 Å². The van der Waals surface area contributed by atoms with E-state index >= 15 is 0 Å². The Morgan fingerprint density at radius 3 is 2.57 bits per heavy atom. The van der Waals surface area contributed by atoms with E-state index in [-0.39, 0.29) is 0 Å². The summed E-state index contributed by atoms with van der Waals surface area (Å²) >= 11 is 0. The Balaban J connectivity index is 1.37. The fourth-order valence-corrected chi connectivity index (χ4v) is 3.32. The number of nitrogens with zero attached hydrogens (tertiary/aromatic N) is 4. The molecule has 0 bridgehead atoms. The van der Waals surface area contributed by atoms with Gasteiger partial charge in [-0.2, -0.15) is 5.10 Å². The van der Waals surface area contributed by atoms with Crippen molar-refractivity contribution in [2.75, 3.05) is 10.6 Å². The second-order valence-corrected chi connectivity index (χ2v) is 6.88. The second-order valence-electron chi connectivity index (χ2n) is 6.88. The molecule has 3 N–H and O–H groups in total. The first-order chi connectivity index (χ1) is 13.5. The minimum absolute atomic E-state index is 0.524. The van der Waals surface area contributed by atoms with Crippen molar-refractivity contribution >= 4 is 23.2 Å². The lowest BCUT2D eigenvalue weighted by Crippen LogP contribution is -2.29. The monoisotopic (exact) mass is 379 g/mol. The molecule has 144 valence electrons. The van der Waals surface area contributed by atoms with Gasteiger partial charge >= 0.3 is 11.8 Å². The van der Waals surface area contributed by atoms with Crippen molar-refractivity contribution in [3.63, 3.8) is 0 Å². The molecule has 9 nitrogen and oxygen atoms in total. The SMILES string of the molecule is Cc1n[nH]c(C)c1NC(=O)C(=O)Nc1ccc(Cc2nnc3n2CCC3)cc1. The van der Waals surface area contributed by atoms with Gasteiger partial charge in [0.25, 0.3) is 0 Å². The van der Waals surface area contributed by atoms with Crippen molar-refractivity contribution in [2.45, 2.75) is 39.7 Å². The van der Waals surface area contributed by atoms with Crippen LogP contribution in [-0.2, 0) is 29.0 Å². The normalized spacial score (nSPS) is 12.6. The molecule has 0 radical (unpaired) electrons. The summed E-state index contributed by atoms with van der Waals surface area (Å²) in [6, 6.07) is 7.37. The van der Waals surface area contributed by atoms with Crippen LogP contribution in [0.3, 0.4) is 0 Å². The van der Waals surface area contributed by atoms with Gasteiger partial charge in [0.15, 0.2) is 0 Å². The third-order valence-corrected chi connectivity index (χ3v) is 4.83. The number of nitrogens with one attached hydrogen (secondary N) is 3. The van der Waals surface area contributed by atoms with Crippen LogP contribution in [0.5, 0.6) is 0 Å². The molecule has 0 saturated carbocycles. The lowest BCUT2D eigenvalue weighted by molar-refractivity contribution is -0.133. The first-order valence-electron chi connectivity index (χ1n) is 9.15. The highest BCUT2D eigenvalue weighted by molar-refractivity contribution is 6.43. The number of benzene rings is 1. The number of fused-ring (bicyclic) bond motifs is 1. The number of anilines is 2. The lowest BCUT2D eigenvalue weighted by Gasteiger charge is -2.08. The number of carbonyl (C=O) groups is 2. The van der Waals surface area contributed by atoms with Crippen molar-refractivity contribution < 1.29 is 9.59 Å². The fraction of sp³-hybridized carbons (Fsp3) is 0.316. The molecule has 3 aromatic rings. The first kappa shape index (κ1) is 17.9. The number of H-pyrrole nitrogens is 1. The predicted molar refractivity (Wildman–Crippen MR) is 103 cm³/mol.